The maximum absolute atomic E-state index is 11.3. The summed E-state index contributed by atoms with van der Waals surface area (Å²) in [5, 5.41) is 2.90. The summed E-state index contributed by atoms with van der Waals surface area (Å²) < 4.78 is 5.40. The van der Waals surface area contributed by atoms with E-state index in [-0.39, 0.29) is 17.7 Å². The number of hydrogen-bond acceptors (Lipinski definition) is 2. The largest absolute Gasteiger partial charge is 0.440 e. The molecule has 1 aliphatic carbocycles. The van der Waals surface area contributed by atoms with Crippen LogP contribution in [0.25, 0.3) is 0 Å². The highest BCUT2D eigenvalue weighted by Gasteiger charge is 2.53. The predicted octanol–water partition coefficient (Wildman–Crippen LogP) is 2.39. The van der Waals surface area contributed by atoms with Crippen LogP contribution in [-0.2, 0) is 4.74 Å². The van der Waals surface area contributed by atoms with E-state index < -0.39 is 0 Å². The summed E-state index contributed by atoms with van der Waals surface area (Å²) in [5.74, 6) is 0. The van der Waals surface area contributed by atoms with E-state index in [1.54, 1.807) is 0 Å². The average molecular weight is 203 g/mol. The van der Waals surface area contributed by atoms with E-state index in [2.05, 4.69) is 5.32 Å². The molecule has 1 amide bonds. The highest BCUT2D eigenvalue weighted by atomic mass is 16.6. The number of amides is 1. The van der Waals surface area contributed by atoms with Crippen LogP contribution >= 0.6 is 0 Å². The quantitative estimate of drug-likeness (QED) is 0.761. The van der Waals surface area contributed by atoms with Crippen LogP contribution in [0.3, 0.4) is 0 Å². The summed E-state index contributed by atoms with van der Waals surface area (Å²) in [6.45, 7) is 0. The van der Waals surface area contributed by atoms with Crippen LogP contribution in [0.15, 0.2) is 30.3 Å². The third-order valence-electron chi connectivity index (χ3n) is 3.42. The Morgan fingerprint density at radius 1 is 1.27 bits per heavy atom. The maximum Gasteiger partial charge on any atom is 0.408 e. The number of hydrogen-bond donors (Lipinski definition) is 1. The number of alkyl carbamates (subject to hydrolysis) is 1. The number of ether oxygens (including phenoxy) is 1. The number of carbonyl (C=O) groups is 1. The highest BCUT2D eigenvalue weighted by molar-refractivity contribution is 5.72. The molecule has 2 fully saturated rings. The molecule has 1 aliphatic heterocycles. The van der Waals surface area contributed by atoms with Gasteiger partial charge in [0.2, 0.25) is 0 Å². The van der Waals surface area contributed by atoms with Crippen molar-refractivity contribution < 1.29 is 9.53 Å². The SMILES string of the molecule is O=C1NC(c2ccccc2)C2(CCC2)O1. The summed E-state index contributed by atoms with van der Waals surface area (Å²) in [4.78, 5) is 11.3. The third kappa shape index (κ3) is 1.23. The molecule has 0 bridgehead atoms. The molecule has 3 heteroatoms. The summed E-state index contributed by atoms with van der Waals surface area (Å²) in [5.41, 5.74) is 0.890. The monoisotopic (exact) mass is 203 g/mol. The zero-order valence-electron chi connectivity index (χ0n) is 8.40. The van der Waals surface area contributed by atoms with Gasteiger partial charge in [-0.25, -0.2) is 4.79 Å². The first kappa shape index (κ1) is 8.77. The Kier molecular flexibility index (Phi) is 1.75. The summed E-state index contributed by atoms with van der Waals surface area (Å²) in [6.07, 6.45) is 2.83. The second-order valence-electron chi connectivity index (χ2n) is 4.30. The molecule has 3 nitrogen and oxygen atoms in total. The molecule has 0 aromatic heterocycles. The predicted molar refractivity (Wildman–Crippen MR) is 55.4 cm³/mol. The summed E-state index contributed by atoms with van der Waals surface area (Å²) in [6, 6.07) is 10.1. The van der Waals surface area contributed by atoms with Crippen molar-refractivity contribution in [2.24, 2.45) is 0 Å². The fourth-order valence-corrected chi connectivity index (χ4v) is 2.47. The molecule has 1 unspecified atom stereocenters. The Balaban J connectivity index is 1.95. The number of rotatable bonds is 1. The number of carbonyl (C=O) groups excluding carboxylic acids is 1. The molecule has 1 saturated carbocycles. The van der Waals surface area contributed by atoms with Gasteiger partial charge in [0.1, 0.15) is 5.60 Å². The van der Waals surface area contributed by atoms with Gasteiger partial charge in [0.05, 0.1) is 6.04 Å². The van der Waals surface area contributed by atoms with Gasteiger partial charge < -0.3 is 10.1 Å². The maximum atomic E-state index is 11.3. The van der Waals surface area contributed by atoms with Crippen molar-refractivity contribution in [1.82, 2.24) is 5.32 Å². The van der Waals surface area contributed by atoms with Crippen molar-refractivity contribution in [2.45, 2.75) is 30.9 Å². The van der Waals surface area contributed by atoms with Gasteiger partial charge in [0.15, 0.2) is 0 Å². The van der Waals surface area contributed by atoms with Gasteiger partial charge in [-0.05, 0) is 24.8 Å². The molecule has 1 saturated heterocycles. The van der Waals surface area contributed by atoms with Crippen LogP contribution in [0.5, 0.6) is 0 Å². The second kappa shape index (κ2) is 2.99. The van der Waals surface area contributed by atoms with Crippen molar-refractivity contribution in [3.05, 3.63) is 35.9 Å². The molecule has 1 aromatic carbocycles. The minimum absolute atomic E-state index is 0.0416. The first-order chi connectivity index (χ1) is 7.30. The molecule has 3 rings (SSSR count). The van der Waals surface area contributed by atoms with Gasteiger partial charge in [-0.15, -0.1) is 0 Å². The fourth-order valence-electron chi connectivity index (χ4n) is 2.47. The molecular formula is C12H13NO2. The van der Waals surface area contributed by atoms with Gasteiger partial charge >= 0.3 is 6.09 Å². The van der Waals surface area contributed by atoms with Crippen molar-refractivity contribution in [2.75, 3.05) is 0 Å². The van der Waals surface area contributed by atoms with Crippen molar-refractivity contribution in [3.8, 4) is 0 Å². The smallest absolute Gasteiger partial charge is 0.408 e. The fraction of sp³-hybridized carbons (Fsp3) is 0.417. The van der Waals surface area contributed by atoms with Crippen LogP contribution in [0, 0.1) is 0 Å². The Labute approximate surface area is 88.4 Å². The topological polar surface area (TPSA) is 38.3 Å². The van der Waals surface area contributed by atoms with Crippen LogP contribution in [0.2, 0.25) is 0 Å². The first-order valence-corrected chi connectivity index (χ1v) is 5.35. The first-order valence-electron chi connectivity index (χ1n) is 5.35. The van der Waals surface area contributed by atoms with E-state index in [1.807, 2.05) is 30.3 Å². The molecule has 1 heterocycles. The molecular weight excluding hydrogens is 190 g/mol. The highest BCUT2D eigenvalue weighted by Crippen LogP contribution is 2.48. The molecule has 1 atom stereocenters. The summed E-state index contributed by atoms with van der Waals surface area (Å²) in [7, 11) is 0. The van der Waals surface area contributed by atoms with Crippen molar-refractivity contribution in [3.63, 3.8) is 0 Å². The normalized spacial score (nSPS) is 26.9. The molecule has 0 radical (unpaired) electrons. The zero-order valence-corrected chi connectivity index (χ0v) is 8.40. The minimum atomic E-state index is -0.274. The minimum Gasteiger partial charge on any atom is -0.440 e. The number of benzene rings is 1. The van der Waals surface area contributed by atoms with Crippen molar-refractivity contribution >= 4 is 6.09 Å². The standard InChI is InChI=1S/C12H13NO2/c14-11-13-10(9-5-2-1-3-6-9)12(15-11)7-4-8-12/h1-3,5-6,10H,4,7-8H2,(H,13,14). The van der Waals surface area contributed by atoms with Gasteiger partial charge in [0, 0.05) is 0 Å². The van der Waals surface area contributed by atoms with Gasteiger partial charge in [-0.1, -0.05) is 30.3 Å². The second-order valence-corrected chi connectivity index (χ2v) is 4.30. The average Bonchev–Trinajstić information content (AvgIpc) is 2.57. The number of nitrogens with one attached hydrogen (secondary N) is 1. The summed E-state index contributed by atoms with van der Waals surface area (Å²) >= 11 is 0. The molecule has 15 heavy (non-hydrogen) atoms. The van der Waals surface area contributed by atoms with E-state index in [1.165, 1.54) is 0 Å². The van der Waals surface area contributed by atoms with E-state index in [9.17, 15) is 4.79 Å². The lowest BCUT2D eigenvalue weighted by Crippen LogP contribution is -2.43. The molecule has 1 spiro atoms. The molecule has 78 valence electrons. The van der Waals surface area contributed by atoms with Crippen LogP contribution in [0.4, 0.5) is 4.79 Å². The van der Waals surface area contributed by atoms with E-state index >= 15 is 0 Å². The van der Waals surface area contributed by atoms with Gasteiger partial charge in [0.25, 0.3) is 0 Å². The van der Waals surface area contributed by atoms with Crippen LogP contribution < -0.4 is 5.32 Å². The molecule has 2 aliphatic rings. The Morgan fingerprint density at radius 3 is 2.60 bits per heavy atom. The zero-order chi connectivity index (χ0) is 10.3. The van der Waals surface area contributed by atoms with Gasteiger partial charge in [-0.3, -0.25) is 0 Å². The van der Waals surface area contributed by atoms with Gasteiger partial charge in [-0.2, -0.15) is 0 Å². The lowest BCUT2D eigenvalue weighted by Gasteiger charge is -2.40. The van der Waals surface area contributed by atoms with Crippen molar-refractivity contribution in [1.29, 1.82) is 0 Å². The lowest BCUT2D eigenvalue weighted by atomic mass is 9.73. The van der Waals surface area contributed by atoms with E-state index in [4.69, 9.17) is 4.74 Å². The Hall–Kier alpha value is -1.51. The third-order valence-corrected chi connectivity index (χ3v) is 3.42. The van der Waals surface area contributed by atoms with E-state index in [0.29, 0.717) is 0 Å². The molecule has 1 aromatic rings. The van der Waals surface area contributed by atoms with Crippen LogP contribution in [-0.4, -0.2) is 11.7 Å². The van der Waals surface area contributed by atoms with Crippen LogP contribution in [0.1, 0.15) is 30.9 Å². The Morgan fingerprint density at radius 2 is 2.00 bits per heavy atom. The van der Waals surface area contributed by atoms with E-state index in [0.717, 1.165) is 24.8 Å². The lowest BCUT2D eigenvalue weighted by molar-refractivity contribution is -0.0297. The Bertz CT molecular complexity index is 384. The molecule has 1 N–H and O–H groups in total.